The molecule has 30 heavy (non-hydrogen) atoms. The Bertz CT molecular complexity index is 1080. The van der Waals surface area contributed by atoms with Crippen LogP contribution in [-0.2, 0) is 6.18 Å². The molecule has 3 aromatic heterocycles. The lowest BCUT2D eigenvalue weighted by atomic mass is 10.1. The number of carboxylic acids is 1. The highest BCUT2D eigenvalue weighted by Gasteiger charge is 2.32. The van der Waals surface area contributed by atoms with Gasteiger partial charge in [-0.3, -0.25) is 15.3 Å². The third kappa shape index (κ3) is 4.51. The quantitative estimate of drug-likeness (QED) is 0.633. The van der Waals surface area contributed by atoms with Gasteiger partial charge in [0.1, 0.15) is 11.5 Å². The van der Waals surface area contributed by atoms with Crippen molar-refractivity contribution in [3.05, 3.63) is 48.3 Å². The van der Waals surface area contributed by atoms with Gasteiger partial charge < -0.3 is 15.2 Å². The Hall–Kier alpha value is -4.03. The molecule has 0 aliphatic rings. The molecule has 2 N–H and O–H groups in total. The second-order valence-electron chi connectivity index (χ2n) is 5.82. The smallest absolute Gasteiger partial charge is 0.419 e. The fraction of sp³-hybridized carbons (Fsp3) is 0.176. The Labute approximate surface area is 166 Å². The molecule has 3 aromatic rings. The van der Waals surface area contributed by atoms with E-state index in [2.05, 4.69) is 30.7 Å². The Kier molecular flexibility index (Phi) is 5.62. The number of pyridine rings is 1. The molecule has 0 radical (unpaired) electrons. The number of rotatable bonds is 5. The fourth-order valence-corrected chi connectivity index (χ4v) is 2.39. The topological polar surface area (TPSA) is 138 Å². The van der Waals surface area contributed by atoms with Crippen molar-refractivity contribution in [1.82, 2.24) is 30.0 Å². The molecular formula is C17H13F3N7O3-. The minimum absolute atomic E-state index is 0.0445. The highest BCUT2D eigenvalue weighted by Crippen LogP contribution is 2.31. The molecule has 0 aliphatic heterocycles. The van der Waals surface area contributed by atoms with E-state index in [1.54, 1.807) is 6.92 Å². The zero-order chi connectivity index (χ0) is 21.9. The molecule has 0 aromatic carbocycles. The van der Waals surface area contributed by atoms with Gasteiger partial charge in [-0.15, -0.1) is 0 Å². The standard InChI is InChI=1S/C17H14F3N7O3/c1-2-21-16(30)26-14-3-13(27-8-9(4-25-27)17(18,19)20)10(5-24-14)11-6-23-12(7-22-11)15(28)29/h3-8H,2H2,1H3,(H,28,29)(H2,21,24,26,30)/p-1. The summed E-state index contributed by atoms with van der Waals surface area (Å²) in [6.45, 7) is 2.06. The SMILES string of the molecule is CCNC(=O)Nc1cc(-n2cc(C(F)(F)F)cn2)c(-c2cnc(C(=O)[O-])cn2)cn1. The first-order valence-electron chi connectivity index (χ1n) is 8.40. The van der Waals surface area contributed by atoms with Gasteiger partial charge in [-0.05, 0) is 6.92 Å². The number of anilines is 1. The van der Waals surface area contributed by atoms with Gasteiger partial charge in [0.15, 0.2) is 0 Å². The van der Waals surface area contributed by atoms with E-state index in [0.29, 0.717) is 12.7 Å². The molecule has 0 atom stereocenters. The van der Waals surface area contributed by atoms with Crippen molar-refractivity contribution in [2.75, 3.05) is 11.9 Å². The summed E-state index contributed by atoms with van der Waals surface area (Å²) >= 11 is 0. The third-order valence-corrected chi connectivity index (χ3v) is 3.75. The monoisotopic (exact) mass is 420 g/mol. The van der Waals surface area contributed by atoms with Crippen LogP contribution < -0.4 is 15.7 Å². The van der Waals surface area contributed by atoms with Crippen LogP contribution in [-0.4, -0.2) is 43.3 Å². The van der Waals surface area contributed by atoms with Crippen LogP contribution in [0.5, 0.6) is 0 Å². The molecule has 0 unspecified atom stereocenters. The van der Waals surface area contributed by atoms with Crippen LogP contribution in [0.15, 0.2) is 37.1 Å². The van der Waals surface area contributed by atoms with Crippen LogP contribution >= 0.6 is 0 Å². The van der Waals surface area contributed by atoms with Gasteiger partial charge in [0.05, 0.1) is 41.5 Å². The second-order valence-corrected chi connectivity index (χ2v) is 5.82. The second kappa shape index (κ2) is 8.14. The number of nitrogens with one attached hydrogen (secondary N) is 2. The molecule has 2 amide bonds. The van der Waals surface area contributed by atoms with Gasteiger partial charge in [0, 0.05) is 30.6 Å². The Balaban J connectivity index is 2.08. The lowest BCUT2D eigenvalue weighted by Crippen LogP contribution is -2.28. The van der Waals surface area contributed by atoms with E-state index in [1.807, 2.05) is 0 Å². The van der Waals surface area contributed by atoms with E-state index in [9.17, 15) is 27.9 Å². The van der Waals surface area contributed by atoms with Crippen LogP contribution in [0, 0.1) is 0 Å². The summed E-state index contributed by atoms with van der Waals surface area (Å²) in [4.78, 5) is 34.3. The number of carbonyl (C=O) groups is 2. The maximum Gasteiger partial charge on any atom is 0.419 e. The predicted octanol–water partition coefficient (Wildman–Crippen LogP) is 1.25. The molecule has 0 saturated carbocycles. The summed E-state index contributed by atoms with van der Waals surface area (Å²) in [6, 6.07) is 0.741. The summed E-state index contributed by atoms with van der Waals surface area (Å²) in [5.41, 5.74) is -0.979. The predicted molar refractivity (Wildman–Crippen MR) is 94.4 cm³/mol. The molecular weight excluding hydrogens is 407 g/mol. The Morgan fingerprint density at radius 1 is 1.13 bits per heavy atom. The molecule has 0 aliphatic carbocycles. The van der Waals surface area contributed by atoms with Crippen LogP contribution in [0.25, 0.3) is 16.9 Å². The zero-order valence-electron chi connectivity index (χ0n) is 15.3. The van der Waals surface area contributed by atoms with Gasteiger partial charge >= 0.3 is 12.2 Å². The Morgan fingerprint density at radius 3 is 2.47 bits per heavy atom. The minimum Gasteiger partial charge on any atom is -0.543 e. The highest BCUT2D eigenvalue weighted by atomic mass is 19.4. The molecule has 3 rings (SSSR count). The number of nitrogens with zero attached hydrogens (tertiary/aromatic N) is 5. The number of urea groups is 1. The molecule has 0 bridgehead atoms. The van der Waals surface area contributed by atoms with Crippen LogP contribution in [0.3, 0.4) is 0 Å². The fourth-order valence-electron chi connectivity index (χ4n) is 2.39. The first kappa shape index (κ1) is 20.7. The third-order valence-electron chi connectivity index (χ3n) is 3.75. The van der Waals surface area contributed by atoms with Gasteiger partial charge in [-0.1, -0.05) is 0 Å². The summed E-state index contributed by atoms with van der Waals surface area (Å²) in [7, 11) is 0. The lowest BCUT2D eigenvalue weighted by molar-refractivity contribution is -0.255. The molecule has 3 heterocycles. The van der Waals surface area contributed by atoms with Gasteiger partial charge in [0.2, 0.25) is 0 Å². The van der Waals surface area contributed by atoms with Crippen molar-refractivity contribution in [3.8, 4) is 16.9 Å². The van der Waals surface area contributed by atoms with E-state index < -0.39 is 29.4 Å². The van der Waals surface area contributed by atoms with Crippen molar-refractivity contribution < 1.29 is 27.9 Å². The number of aromatic nitrogens is 5. The van der Waals surface area contributed by atoms with E-state index in [-0.39, 0.29) is 22.8 Å². The largest absolute Gasteiger partial charge is 0.543 e. The number of carbonyl (C=O) groups excluding carboxylic acids is 2. The van der Waals surface area contributed by atoms with Crippen LogP contribution in [0.4, 0.5) is 23.8 Å². The highest BCUT2D eigenvalue weighted by molar-refractivity contribution is 5.89. The zero-order valence-corrected chi connectivity index (χ0v) is 15.3. The van der Waals surface area contributed by atoms with Crippen LogP contribution in [0.2, 0.25) is 0 Å². The number of alkyl halides is 3. The Morgan fingerprint density at radius 2 is 1.90 bits per heavy atom. The normalized spacial score (nSPS) is 11.2. The number of halogens is 3. The minimum atomic E-state index is -4.61. The average molecular weight is 420 g/mol. The van der Waals surface area contributed by atoms with Crippen molar-refractivity contribution in [2.24, 2.45) is 0 Å². The van der Waals surface area contributed by atoms with E-state index in [0.717, 1.165) is 23.3 Å². The first-order valence-corrected chi connectivity index (χ1v) is 8.40. The molecule has 0 spiro atoms. The molecule has 13 heteroatoms. The molecule has 10 nitrogen and oxygen atoms in total. The first-order chi connectivity index (χ1) is 14.2. The van der Waals surface area contributed by atoms with Crippen molar-refractivity contribution in [2.45, 2.75) is 13.1 Å². The van der Waals surface area contributed by atoms with Crippen molar-refractivity contribution in [3.63, 3.8) is 0 Å². The van der Waals surface area contributed by atoms with E-state index in [4.69, 9.17) is 0 Å². The van der Waals surface area contributed by atoms with Crippen LogP contribution in [0.1, 0.15) is 23.0 Å². The van der Waals surface area contributed by atoms with Gasteiger partial charge in [0.25, 0.3) is 0 Å². The van der Waals surface area contributed by atoms with E-state index in [1.165, 1.54) is 12.3 Å². The van der Waals surface area contributed by atoms with E-state index >= 15 is 0 Å². The summed E-state index contributed by atoms with van der Waals surface area (Å²) < 4.78 is 39.9. The number of aromatic carboxylic acids is 1. The number of amides is 2. The van der Waals surface area contributed by atoms with Crippen molar-refractivity contribution in [1.29, 1.82) is 0 Å². The maximum atomic E-state index is 13.0. The molecule has 156 valence electrons. The average Bonchev–Trinajstić information content (AvgIpc) is 3.19. The van der Waals surface area contributed by atoms with Crippen molar-refractivity contribution >= 4 is 17.8 Å². The number of hydrogen-bond acceptors (Lipinski definition) is 7. The van der Waals surface area contributed by atoms with Gasteiger partial charge in [-0.25, -0.2) is 14.5 Å². The summed E-state index contributed by atoms with van der Waals surface area (Å²) in [5.74, 6) is -1.49. The molecule has 0 saturated heterocycles. The number of carboxylic acid groups (broad SMARTS) is 1. The summed E-state index contributed by atoms with van der Waals surface area (Å²) in [5, 5.41) is 19.5. The van der Waals surface area contributed by atoms with Gasteiger partial charge in [-0.2, -0.15) is 18.3 Å². The lowest BCUT2D eigenvalue weighted by Gasteiger charge is -2.12. The summed E-state index contributed by atoms with van der Waals surface area (Å²) in [6.07, 6.45) is 0.0952. The molecule has 0 fully saturated rings. The maximum absolute atomic E-state index is 13.0. The number of hydrogen-bond donors (Lipinski definition) is 2.